The van der Waals surface area contributed by atoms with Crippen LogP contribution in [-0.2, 0) is 0 Å². The number of aromatic nitrogens is 1. The first-order valence-corrected chi connectivity index (χ1v) is 6.51. The van der Waals surface area contributed by atoms with Gasteiger partial charge >= 0.3 is 0 Å². The van der Waals surface area contributed by atoms with Gasteiger partial charge in [-0.15, -0.1) is 0 Å². The Hall–Kier alpha value is -2.33. The van der Waals surface area contributed by atoms with E-state index in [2.05, 4.69) is 5.16 Å². The molecule has 0 amide bonds. The number of hydrogen-bond donors (Lipinski definition) is 1. The molecule has 1 aliphatic rings. The van der Waals surface area contributed by atoms with Gasteiger partial charge in [0.15, 0.2) is 0 Å². The van der Waals surface area contributed by atoms with E-state index in [4.69, 9.17) is 4.52 Å². The Morgan fingerprint density at radius 2 is 1.95 bits per heavy atom. The molecule has 0 radical (unpaired) electrons. The van der Waals surface area contributed by atoms with Crippen molar-refractivity contribution in [2.45, 2.75) is 20.1 Å². The number of allylic oxidation sites excluding steroid dienone is 2. The van der Waals surface area contributed by atoms with Crippen molar-refractivity contribution in [2.75, 3.05) is 4.90 Å². The van der Waals surface area contributed by atoms with E-state index in [0.29, 0.717) is 0 Å². The molecule has 102 valence electrons. The van der Waals surface area contributed by atoms with Gasteiger partial charge in [-0.1, -0.05) is 29.4 Å². The fourth-order valence-corrected chi connectivity index (χ4v) is 2.42. The summed E-state index contributed by atoms with van der Waals surface area (Å²) in [4.78, 5) is 1.82. The van der Waals surface area contributed by atoms with Crippen LogP contribution in [-0.4, -0.2) is 16.5 Å². The highest BCUT2D eigenvalue weighted by atomic mass is 16.5. The minimum absolute atomic E-state index is 0.665. The number of aryl methyl sites for hydroxylation is 2. The summed E-state index contributed by atoms with van der Waals surface area (Å²) in [5, 5.41) is 14.1. The van der Waals surface area contributed by atoms with Crippen molar-refractivity contribution in [1.29, 1.82) is 0 Å². The van der Waals surface area contributed by atoms with Crippen LogP contribution in [0.4, 0.5) is 5.69 Å². The van der Waals surface area contributed by atoms with Gasteiger partial charge in [0, 0.05) is 23.0 Å². The number of aliphatic hydroxyl groups is 1. The summed E-state index contributed by atoms with van der Waals surface area (Å²) in [6.07, 6.45) is 4.92. The number of aliphatic hydroxyl groups excluding tert-OH is 1. The Bertz CT molecular complexity index is 652. The first-order valence-electron chi connectivity index (χ1n) is 6.51. The van der Waals surface area contributed by atoms with Crippen LogP contribution < -0.4 is 4.90 Å². The summed E-state index contributed by atoms with van der Waals surface area (Å²) in [6.45, 7) is 3.81. The smallest absolute Gasteiger partial charge is 0.150 e. The van der Waals surface area contributed by atoms with E-state index >= 15 is 0 Å². The predicted octanol–water partition coefficient (Wildman–Crippen LogP) is 3.03. The molecule has 3 rings (SSSR count). The molecule has 2 aromatic rings. The quantitative estimate of drug-likeness (QED) is 0.909. The second kappa shape index (κ2) is 4.98. The highest BCUT2D eigenvalue weighted by molar-refractivity contribution is 5.80. The van der Waals surface area contributed by atoms with Crippen LogP contribution in [0.25, 0.3) is 5.57 Å². The predicted molar refractivity (Wildman–Crippen MR) is 78.0 cm³/mol. The lowest BCUT2D eigenvalue weighted by atomic mass is 10.0. The average molecular weight is 268 g/mol. The normalized spacial score (nSPS) is 18.2. The molecule has 0 spiro atoms. The van der Waals surface area contributed by atoms with Gasteiger partial charge in [-0.25, -0.2) is 0 Å². The van der Waals surface area contributed by atoms with Crippen LogP contribution in [0.5, 0.6) is 0 Å². The maximum absolute atomic E-state index is 10.1. The minimum Gasteiger partial charge on any atom is -0.370 e. The molecule has 4 nitrogen and oxygen atoms in total. The number of rotatable bonds is 2. The molecule has 1 atom stereocenters. The Kier molecular flexibility index (Phi) is 3.16. The largest absolute Gasteiger partial charge is 0.370 e. The second-order valence-electron chi connectivity index (χ2n) is 4.80. The van der Waals surface area contributed by atoms with Gasteiger partial charge in [0.25, 0.3) is 0 Å². The SMILES string of the molecule is Cc1noc(C)c1C1=CN(c2ccccc2)C(O)C=C1. The molecule has 1 unspecified atom stereocenters. The summed E-state index contributed by atoms with van der Waals surface area (Å²) in [6, 6.07) is 9.77. The van der Waals surface area contributed by atoms with Crippen molar-refractivity contribution in [2.24, 2.45) is 0 Å². The third-order valence-corrected chi connectivity index (χ3v) is 3.39. The number of para-hydroxylation sites is 1. The van der Waals surface area contributed by atoms with E-state index in [0.717, 1.165) is 28.3 Å². The lowest BCUT2D eigenvalue weighted by Crippen LogP contribution is -2.30. The van der Waals surface area contributed by atoms with Gasteiger partial charge in [-0.05, 0) is 32.1 Å². The highest BCUT2D eigenvalue weighted by Crippen LogP contribution is 2.29. The molecule has 1 aromatic heterocycles. The Labute approximate surface area is 117 Å². The van der Waals surface area contributed by atoms with Crippen LogP contribution in [0.15, 0.2) is 53.2 Å². The van der Waals surface area contributed by atoms with Gasteiger partial charge < -0.3 is 14.5 Å². The van der Waals surface area contributed by atoms with Gasteiger partial charge in [0.05, 0.1) is 5.69 Å². The fraction of sp³-hybridized carbons (Fsp3) is 0.188. The van der Waals surface area contributed by atoms with E-state index in [-0.39, 0.29) is 0 Å². The third kappa shape index (κ3) is 2.14. The van der Waals surface area contributed by atoms with Gasteiger partial charge in [-0.3, -0.25) is 0 Å². The maximum atomic E-state index is 10.1. The molecule has 0 fully saturated rings. The molecule has 2 heterocycles. The number of nitrogens with zero attached hydrogens (tertiary/aromatic N) is 2. The second-order valence-corrected chi connectivity index (χ2v) is 4.80. The molecule has 1 aromatic carbocycles. The van der Waals surface area contributed by atoms with E-state index in [9.17, 15) is 5.11 Å². The minimum atomic E-state index is -0.665. The molecule has 0 aliphatic carbocycles. The Morgan fingerprint density at radius 1 is 1.20 bits per heavy atom. The average Bonchev–Trinajstić information content (AvgIpc) is 2.80. The van der Waals surface area contributed by atoms with E-state index in [1.165, 1.54) is 0 Å². The summed E-state index contributed by atoms with van der Waals surface area (Å²) in [5.41, 5.74) is 3.75. The molecule has 0 saturated heterocycles. The van der Waals surface area contributed by atoms with Crippen LogP contribution in [0.2, 0.25) is 0 Å². The van der Waals surface area contributed by atoms with Crippen LogP contribution in [0.1, 0.15) is 17.0 Å². The zero-order valence-electron chi connectivity index (χ0n) is 11.4. The zero-order valence-corrected chi connectivity index (χ0v) is 11.4. The summed E-state index contributed by atoms with van der Waals surface area (Å²) in [7, 11) is 0. The molecule has 0 bridgehead atoms. The summed E-state index contributed by atoms with van der Waals surface area (Å²) < 4.78 is 5.21. The lowest BCUT2D eigenvalue weighted by molar-refractivity contribution is 0.227. The van der Waals surface area contributed by atoms with Crippen LogP contribution in [0.3, 0.4) is 0 Å². The van der Waals surface area contributed by atoms with Crippen molar-refractivity contribution in [3.05, 3.63) is 65.7 Å². The summed E-state index contributed by atoms with van der Waals surface area (Å²) in [5.74, 6) is 0.780. The molecule has 4 heteroatoms. The van der Waals surface area contributed by atoms with Gasteiger partial charge in [0.2, 0.25) is 0 Å². The molecule has 20 heavy (non-hydrogen) atoms. The maximum Gasteiger partial charge on any atom is 0.150 e. The van der Waals surface area contributed by atoms with E-state index in [1.807, 2.05) is 61.4 Å². The monoisotopic (exact) mass is 268 g/mol. The first kappa shape index (κ1) is 12.7. The van der Waals surface area contributed by atoms with Gasteiger partial charge in [-0.2, -0.15) is 0 Å². The Balaban J connectivity index is 2.03. The van der Waals surface area contributed by atoms with Gasteiger partial charge in [0.1, 0.15) is 12.0 Å². The topological polar surface area (TPSA) is 49.5 Å². The lowest BCUT2D eigenvalue weighted by Gasteiger charge is -2.28. The molecule has 0 saturated carbocycles. The molecular weight excluding hydrogens is 252 g/mol. The number of hydrogen-bond acceptors (Lipinski definition) is 4. The number of anilines is 1. The van der Waals surface area contributed by atoms with Crippen molar-refractivity contribution < 1.29 is 9.63 Å². The Morgan fingerprint density at radius 3 is 2.60 bits per heavy atom. The van der Waals surface area contributed by atoms with Crippen molar-refractivity contribution in [1.82, 2.24) is 5.16 Å². The molecule has 1 N–H and O–H groups in total. The van der Waals surface area contributed by atoms with Crippen molar-refractivity contribution in [3.63, 3.8) is 0 Å². The molecule has 1 aliphatic heterocycles. The van der Waals surface area contributed by atoms with Crippen molar-refractivity contribution >= 4 is 11.3 Å². The standard InChI is InChI=1S/C16H16N2O2/c1-11-16(12(2)20-17-11)13-8-9-15(19)18(10-13)14-6-4-3-5-7-14/h3-10,15,19H,1-2H3. The van der Waals surface area contributed by atoms with E-state index in [1.54, 1.807) is 6.08 Å². The van der Waals surface area contributed by atoms with Crippen LogP contribution >= 0.6 is 0 Å². The summed E-state index contributed by atoms with van der Waals surface area (Å²) >= 11 is 0. The number of benzene rings is 1. The first-order chi connectivity index (χ1) is 9.66. The molecular formula is C16H16N2O2. The fourth-order valence-electron chi connectivity index (χ4n) is 2.42. The van der Waals surface area contributed by atoms with Crippen LogP contribution in [0, 0.1) is 13.8 Å². The van der Waals surface area contributed by atoms with E-state index < -0.39 is 6.23 Å². The third-order valence-electron chi connectivity index (χ3n) is 3.39. The zero-order chi connectivity index (χ0) is 14.1. The highest BCUT2D eigenvalue weighted by Gasteiger charge is 2.20. The van der Waals surface area contributed by atoms with Crippen molar-refractivity contribution in [3.8, 4) is 0 Å².